The van der Waals surface area contributed by atoms with Gasteiger partial charge in [0, 0.05) is 31.1 Å². The predicted octanol–water partition coefficient (Wildman–Crippen LogP) is 3.71. The van der Waals surface area contributed by atoms with Crippen LogP contribution >= 0.6 is 0 Å². The van der Waals surface area contributed by atoms with Gasteiger partial charge in [-0.25, -0.2) is 0 Å². The van der Waals surface area contributed by atoms with Gasteiger partial charge in [0.15, 0.2) is 0 Å². The topological polar surface area (TPSA) is 60.4 Å². The molecule has 138 valence electrons. The summed E-state index contributed by atoms with van der Waals surface area (Å²) in [5, 5.41) is 0. The summed E-state index contributed by atoms with van der Waals surface area (Å²) in [7, 11) is 0. The van der Waals surface area contributed by atoms with Crippen LogP contribution in [0.1, 0.15) is 72.1 Å². The highest BCUT2D eigenvalue weighted by Crippen LogP contribution is 2.64. The van der Waals surface area contributed by atoms with Crippen molar-refractivity contribution in [2.45, 2.75) is 78.2 Å². The molecule has 4 aliphatic carbocycles. The third-order valence-electron chi connectivity index (χ3n) is 8.45. The fourth-order valence-corrected chi connectivity index (χ4v) is 7.12. The maximum Gasteiger partial charge on any atom is 0.302 e. The first-order valence-electron chi connectivity index (χ1n) is 9.99. The summed E-state index contributed by atoms with van der Waals surface area (Å²) >= 11 is 0. The molecule has 0 aromatic carbocycles. The quantitative estimate of drug-likeness (QED) is 0.679. The lowest BCUT2D eigenvalue weighted by Crippen LogP contribution is -2.57. The molecule has 4 saturated carbocycles. The fraction of sp³-hybridized carbons (Fsp3) is 0.857. The van der Waals surface area contributed by atoms with Gasteiger partial charge in [0.05, 0.1) is 0 Å². The molecule has 4 heteroatoms. The van der Waals surface area contributed by atoms with E-state index in [2.05, 4.69) is 13.8 Å². The Labute approximate surface area is 150 Å². The molecule has 4 nitrogen and oxygen atoms in total. The Kier molecular flexibility index (Phi) is 3.90. The summed E-state index contributed by atoms with van der Waals surface area (Å²) in [4.78, 5) is 36.8. The molecule has 0 N–H and O–H groups in total. The van der Waals surface area contributed by atoms with Crippen molar-refractivity contribution in [1.82, 2.24) is 0 Å². The van der Waals surface area contributed by atoms with Crippen molar-refractivity contribution >= 4 is 17.5 Å². The average Bonchev–Trinajstić information content (AvgIpc) is 2.84. The van der Waals surface area contributed by atoms with Gasteiger partial charge >= 0.3 is 5.97 Å². The zero-order chi connectivity index (χ0) is 18.0. The van der Waals surface area contributed by atoms with Gasteiger partial charge in [-0.1, -0.05) is 13.8 Å². The molecule has 0 aliphatic heterocycles. The van der Waals surface area contributed by atoms with Gasteiger partial charge in [-0.2, -0.15) is 0 Å². The third-order valence-corrected chi connectivity index (χ3v) is 8.45. The lowest BCUT2D eigenvalue weighted by Gasteiger charge is -2.59. The Balaban J connectivity index is 1.60. The molecular weight excluding hydrogens is 316 g/mol. The maximum atomic E-state index is 13.1. The molecule has 0 radical (unpaired) electrons. The molecule has 7 atom stereocenters. The minimum Gasteiger partial charge on any atom is -0.463 e. The largest absolute Gasteiger partial charge is 0.463 e. The zero-order valence-corrected chi connectivity index (χ0v) is 15.7. The molecule has 0 spiro atoms. The normalized spacial score (nSPS) is 49.2. The Morgan fingerprint density at radius 1 is 1.08 bits per heavy atom. The number of fused-ring (bicyclic) bond motifs is 5. The highest BCUT2D eigenvalue weighted by atomic mass is 16.5. The van der Waals surface area contributed by atoms with E-state index in [1.807, 2.05) is 0 Å². The van der Waals surface area contributed by atoms with Crippen molar-refractivity contribution < 1.29 is 19.1 Å². The van der Waals surface area contributed by atoms with E-state index in [9.17, 15) is 14.4 Å². The van der Waals surface area contributed by atoms with Crippen molar-refractivity contribution in [2.24, 2.45) is 34.5 Å². The SMILES string of the molecule is CC(=O)O[C@H]1CC[C@@]2(C)[C@H](C1)C(=O)C[C@@H]1[C@@H]2CC[C@]2(C)C(=O)CC[C@@H]12. The molecule has 4 fully saturated rings. The number of ketones is 2. The number of carbonyl (C=O) groups is 3. The second-order valence-corrected chi connectivity index (χ2v) is 9.53. The molecule has 4 aliphatic rings. The van der Waals surface area contributed by atoms with Crippen LogP contribution in [0.25, 0.3) is 0 Å². The van der Waals surface area contributed by atoms with Crippen molar-refractivity contribution in [3.8, 4) is 0 Å². The second kappa shape index (κ2) is 5.65. The van der Waals surface area contributed by atoms with E-state index in [0.29, 0.717) is 48.6 Å². The van der Waals surface area contributed by atoms with Crippen molar-refractivity contribution in [3.63, 3.8) is 0 Å². The van der Waals surface area contributed by atoms with Gasteiger partial charge in [0.1, 0.15) is 17.7 Å². The number of hydrogen-bond donors (Lipinski definition) is 0. The number of Topliss-reactive ketones (excluding diaryl/α,β-unsaturated/α-hetero) is 2. The highest BCUT2D eigenvalue weighted by molar-refractivity contribution is 5.88. The number of ether oxygens (including phenoxy) is 1. The maximum absolute atomic E-state index is 13.1. The molecule has 25 heavy (non-hydrogen) atoms. The van der Waals surface area contributed by atoms with Crippen LogP contribution in [-0.4, -0.2) is 23.6 Å². The van der Waals surface area contributed by atoms with E-state index in [4.69, 9.17) is 4.74 Å². The summed E-state index contributed by atoms with van der Waals surface area (Å²) in [6, 6.07) is 0. The Hall–Kier alpha value is -1.19. The van der Waals surface area contributed by atoms with Gasteiger partial charge in [-0.05, 0) is 61.7 Å². The first kappa shape index (κ1) is 17.2. The first-order chi connectivity index (χ1) is 11.8. The predicted molar refractivity (Wildman–Crippen MR) is 92.7 cm³/mol. The number of hydrogen-bond acceptors (Lipinski definition) is 4. The molecule has 0 amide bonds. The van der Waals surface area contributed by atoms with Crippen molar-refractivity contribution in [1.29, 1.82) is 0 Å². The first-order valence-corrected chi connectivity index (χ1v) is 9.99. The summed E-state index contributed by atoms with van der Waals surface area (Å²) in [6.07, 6.45) is 6.78. The van der Waals surface area contributed by atoms with Crippen LogP contribution in [0.15, 0.2) is 0 Å². The lowest BCUT2D eigenvalue weighted by atomic mass is 9.45. The van der Waals surface area contributed by atoms with Crippen LogP contribution in [0, 0.1) is 34.5 Å². The third kappa shape index (κ3) is 2.43. The highest BCUT2D eigenvalue weighted by Gasteiger charge is 2.62. The summed E-state index contributed by atoms with van der Waals surface area (Å²) in [5.74, 6) is 1.87. The number of esters is 1. The van der Waals surface area contributed by atoms with E-state index in [0.717, 1.165) is 32.1 Å². The summed E-state index contributed by atoms with van der Waals surface area (Å²) in [5.41, 5.74) is -0.163. The number of carbonyl (C=O) groups excluding carboxylic acids is 3. The van der Waals surface area contributed by atoms with Crippen LogP contribution in [0.3, 0.4) is 0 Å². The second-order valence-electron chi connectivity index (χ2n) is 9.53. The molecule has 0 heterocycles. The van der Waals surface area contributed by atoms with Gasteiger partial charge in [0.2, 0.25) is 0 Å². The van der Waals surface area contributed by atoms with Crippen LogP contribution in [0.4, 0.5) is 0 Å². The Bertz CT molecular complexity index is 625. The molecule has 0 aromatic rings. The summed E-state index contributed by atoms with van der Waals surface area (Å²) < 4.78 is 5.43. The Morgan fingerprint density at radius 2 is 1.84 bits per heavy atom. The molecule has 0 aromatic heterocycles. The summed E-state index contributed by atoms with van der Waals surface area (Å²) in [6.45, 7) is 5.90. The van der Waals surface area contributed by atoms with Gasteiger partial charge in [-0.3, -0.25) is 14.4 Å². The van der Waals surface area contributed by atoms with E-state index < -0.39 is 0 Å². The van der Waals surface area contributed by atoms with Crippen LogP contribution < -0.4 is 0 Å². The van der Waals surface area contributed by atoms with Crippen LogP contribution in [0.2, 0.25) is 0 Å². The van der Waals surface area contributed by atoms with E-state index >= 15 is 0 Å². The average molecular weight is 346 g/mol. The molecule has 4 rings (SSSR count). The molecule has 0 bridgehead atoms. The van der Waals surface area contributed by atoms with E-state index in [1.54, 1.807) is 0 Å². The molecule has 0 saturated heterocycles. The monoisotopic (exact) mass is 346 g/mol. The fourth-order valence-electron chi connectivity index (χ4n) is 7.12. The standard InChI is InChI=1S/C21H30O4/c1-12(22)25-13-6-8-20(2)16-7-9-21(3)15(4-5-19(21)24)14(16)11-18(23)17(20)10-13/h13-17H,4-11H2,1-3H3/t13-,14-,15-,16-,17+,20+,21-/m0/s1. The smallest absolute Gasteiger partial charge is 0.302 e. The minimum atomic E-state index is -0.243. The molecular formula is C21H30O4. The van der Waals surface area contributed by atoms with E-state index in [-0.39, 0.29) is 28.8 Å². The Morgan fingerprint density at radius 3 is 2.56 bits per heavy atom. The van der Waals surface area contributed by atoms with Crippen LogP contribution in [0.5, 0.6) is 0 Å². The van der Waals surface area contributed by atoms with E-state index in [1.165, 1.54) is 6.92 Å². The van der Waals surface area contributed by atoms with Crippen LogP contribution in [-0.2, 0) is 19.1 Å². The van der Waals surface area contributed by atoms with Gasteiger partial charge < -0.3 is 4.74 Å². The van der Waals surface area contributed by atoms with Crippen molar-refractivity contribution in [2.75, 3.05) is 0 Å². The van der Waals surface area contributed by atoms with Gasteiger partial charge in [0.25, 0.3) is 0 Å². The zero-order valence-electron chi connectivity index (χ0n) is 15.7. The van der Waals surface area contributed by atoms with Crippen molar-refractivity contribution in [3.05, 3.63) is 0 Å². The molecule has 0 unspecified atom stereocenters. The minimum absolute atomic E-state index is 0.0175. The number of rotatable bonds is 1. The van der Waals surface area contributed by atoms with Gasteiger partial charge in [-0.15, -0.1) is 0 Å². The lowest BCUT2D eigenvalue weighted by molar-refractivity contribution is -0.168.